The molecule has 1 aliphatic carbocycles. The van der Waals surface area contributed by atoms with Gasteiger partial charge in [0.2, 0.25) is 0 Å². The number of urea groups is 1. The lowest BCUT2D eigenvalue weighted by Gasteiger charge is -2.32. The van der Waals surface area contributed by atoms with Crippen molar-refractivity contribution in [2.24, 2.45) is 11.8 Å². The Balaban J connectivity index is 1.31. The number of nitrogens with zero attached hydrogens (tertiary/aromatic N) is 2. The Morgan fingerprint density at radius 2 is 1.96 bits per heavy atom. The number of hydrogen-bond donors (Lipinski definition) is 2. The van der Waals surface area contributed by atoms with Crippen molar-refractivity contribution in [3.63, 3.8) is 0 Å². The van der Waals surface area contributed by atoms with Crippen molar-refractivity contribution in [2.45, 2.75) is 44.4 Å². The third-order valence-corrected chi connectivity index (χ3v) is 6.17. The number of β-amino-alcohol motifs (C(OH)–C–C–N with tert-alkyl or cyclic N) is 1. The van der Waals surface area contributed by atoms with Crippen LogP contribution in [0.5, 0.6) is 0 Å². The van der Waals surface area contributed by atoms with Gasteiger partial charge in [0, 0.05) is 38.8 Å². The molecule has 0 radical (unpaired) electrons. The summed E-state index contributed by atoms with van der Waals surface area (Å²) in [5.74, 6) is 1.28. The average Bonchev–Trinajstić information content (AvgIpc) is 3.17. The van der Waals surface area contributed by atoms with Crippen LogP contribution < -0.4 is 5.32 Å². The lowest BCUT2D eigenvalue weighted by molar-refractivity contribution is 0.0826. The number of carbonyl (C=O) groups excluding carboxylic acids is 1. The van der Waals surface area contributed by atoms with Crippen molar-refractivity contribution in [2.75, 3.05) is 26.2 Å². The Morgan fingerprint density at radius 1 is 1.12 bits per heavy atom. The SMILES string of the molecule is O=C(N[C@@H]1CC[C@@H]2CN(Cc3ccccc3)C[C@@H]21)N1CCC[C@H](O)C1. The molecule has 1 saturated carbocycles. The third-order valence-electron chi connectivity index (χ3n) is 6.17. The van der Waals surface area contributed by atoms with Crippen LogP contribution >= 0.6 is 0 Å². The van der Waals surface area contributed by atoms with E-state index in [9.17, 15) is 9.90 Å². The number of amides is 2. The van der Waals surface area contributed by atoms with Crippen molar-refractivity contribution in [3.05, 3.63) is 35.9 Å². The number of likely N-dealkylation sites (tertiary alicyclic amines) is 2. The zero-order chi connectivity index (χ0) is 17.2. The average molecular weight is 343 g/mol. The molecule has 2 N–H and O–H groups in total. The summed E-state index contributed by atoms with van der Waals surface area (Å²) in [4.78, 5) is 16.9. The van der Waals surface area contributed by atoms with Crippen molar-refractivity contribution in [3.8, 4) is 0 Å². The van der Waals surface area contributed by atoms with Gasteiger partial charge in [0.15, 0.2) is 0 Å². The Bertz CT molecular complexity index is 594. The van der Waals surface area contributed by atoms with Crippen LogP contribution in [0, 0.1) is 11.8 Å². The van der Waals surface area contributed by atoms with Crippen LogP contribution in [0.25, 0.3) is 0 Å². The molecule has 0 aromatic heterocycles. The fraction of sp³-hybridized carbons (Fsp3) is 0.650. The van der Waals surface area contributed by atoms with Crippen LogP contribution in [0.3, 0.4) is 0 Å². The van der Waals surface area contributed by atoms with Crippen LogP contribution in [-0.4, -0.2) is 59.3 Å². The molecule has 2 heterocycles. The molecular formula is C20H29N3O2. The molecule has 3 aliphatic rings. The van der Waals surface area contributed by atoms with E-state index in [0.29, 0.717) is 18.4 Å². The molecule has 0 unspecified atom stereocenters. The first kappa shape index (κ1) is 16.9. The van der Waals surface area contributed by atoms with Crippen molar-refractivity contribution >= 4 is 6.03 Å². The number of hydrogen-bond acceptors (Lipinski definition) is 3. The summed E-state index contributed by atoms with van der Waals surface area (Å²) in [6, 6.07) is 10.9. The van der Waals surface area contributed by atoms with E-state index < -0.39 is 0 Å². The Labute approximate surface area is 150 Å². The van der Waals surface area contributed by atoms with Gasteiger partial charge < -0.3 is 15.3 Å². The molecule has 4 rings (SSSR count). The highest BCUT2D eigenvalue weighted by Gasteiger charge is 2.43. The number of nitrogens with one attached hydrogen (secondary N) is 1. The first-order chi connectivity index (χ1) is 12.2. The molecule has 1 aromatic carbocycles. The maximum absolute atomic E-state index is 12.6. The molecule has 2 amide bonds. The third kappa shape index (κ3) is 3.82. The second-order valence-electron chi connectivity index (χ2n) is 7.98. The molecule has 5 nitrogen and oxygen atoms in total. The van der Waals surface area contributed by atoms with Crippen LogP contribution in [0.4, 0.5) is 4.79 Å². The fourth-order valence-electron chi connectivity index (χ4n) is 4.90. The number of rotatable bonds is 3. The number of benzene rings is 1. The summed E-state index contributed by atoms with van der Waals surface area (Å²) in [6.07, 6.45) is 3.66. The molecule has 5 heteroatoms. The van der Waals surface area contributed by atoms with Crippen LogP contribution in [0.15, 0.2) is 30.3 Å². The summed E-state index contributed by atoms with van der Waals surface area (Å²) < 4.78 is 0. The van der Waals surface area contributed by atoms with Crippen LogP contribution in [-0.2, 0) is 6.54 Å². The molecule has 0 bridgehead atoms. The van der Waals surface area contributed by atoms with E-state index >= 15 is 0 Å². The first-order valence-corrected chi connectivity index (χ1v) is 9.69. The number of fused-ring (bicyclic) bond motifs is 1. The standard InChI is InChI=1S/C20H29N3O2/c24-17-7-4-10-23(13-17)20(25)21-19-9-8-16-12-22(14-18(16)19)11-15-5-2-1-3-6-15/h1-3,5-6,16-19,24H,4,7-14H2,(H,21,25)/t16-,17+,18+,19-/m1/s1. The number of aliphatic hydroxyl groups is 1. The number of aliphatic hydroxyl groups excluding tert-OH is 1. The van der Waals surface area contributed by atoms with Gasteiger partial charge in [-0.25, -0.2) is 4.79 Å². The van der Waals surface area contributed by atoms with Crippen molar-refractivity contribution in [1.29, 1.82) is 0 Å². The van der Waals surface area contributed by atoms with E-state index in [-0.39, 0.29) is 18.2 Å². The van der Waals surface area contributed by atoms with Gasteiger partial charge in [-0.1, -0.05) is 30.3 Å². The van der Waals surface area contributed by atoms with E-state index in [0.717, 1.165) is 45.4 Å². The van der Waals surface area contributed by atoms with Gasteiger partial charge in [0.05, 0.1) is 6.10 Å². The van der Waals surface area contributed by atoms with Crippen LogP contribution in [0.2, 0.25) is 0 Å². The molecule has 0 spiro atoms. The van der Waals surface area contributed by atoms with Gasteiger partial charge >= 0.3 is 6.03 Å². The first-order valence-electron chi connectivity index (χ1n) is 9.69. The second-order valence-corrected chi connectivity index (χ2v) is 7.98. The molecule has 136 valence electrons. The lowest BCUT2D eigenvalue weighted by Crippen LogP contribution is -2.51. The highest BCUT2D eigenvalue weighted by Crippen LogP contribution is 2.38. The Kier molecular flexibility index (Phi) is 4.95. The lowest BCUT2D eigenvalue weighted by atomic mass is 9.98. The smallest absolute Gasteiger partial charge is 0.317 e. The molecule has 3 fully saturated rings. The second kappa shape index (κ2) is 7.34. The maximum atomic E-state index is 12.6. The van der Waals surface area contributed by atoms with Crippen molar-refractivity contribution < 1.29 is 9.90 Å². The summed E-state index contributed by atoms with van der Waals surface area (Å²) in [6.45, 7) is 4.48. The minimum absolute atomic E-state index is 0.0194. The van der Waals surface area contributed by atoms with E-state index in [4.69, 9.17) is 0 Å². The number of piperidine rings is 1. The zero-order valence-electron chi connectivity index (χ0n) is 14.8. The quantitative estimate of drug-likeness (QED) is 0.883. The molecular weight excluding hydrogens is 314 g/mol. The molecule has 25 heavy (non-hydrogen) atoms. The van der Waals surface area contributed by atoms with Gasteiger partial charge in [0.25, 0.3) is 0 Å². The Hall–Kier alpha value is -1.59. The zero-order valence-corrected chi connectivity index (χ0v) is 14.8. The predicted molar refractivity (Wildman–Crippen MR) is 97.1 cm³/mol. The summed E-state index contributed by atoms with van der Waals surface area (Å²) in [5.41, 5.74) is 1.37. The summed E-state index contributed by atoms with van der Waals surface area (Å²) in [7, 11) is 0. The Morgan fingerprint density at radius 3 is 2.76 bits per heavy atom. The maximum Gasteiger partial charge on any atom is 0.317 e. The summed E-state index contributed by atoms with van der Waals surface area (Å²) >= 11 is 0. The van der Waals surface area contributed by atoms with Crippen molar-refractivity contribution in [1.82, 2.24) is 15.1 Å². The molecule has 2 saturated heterocycles. The van der Waals surface area contributed by atoms with E-state index in [1.807, 2.05) is 0 Å². The molecule has 1 aromatic rings. The van der Waals surface area contributed by atoms with Gasteiger partial charge in [-0.15, -0.1) is 0 Å². The molecule has 4 atom stereocenters. The minimum atomic E-state index is -0.358. The fourth-order valence-corrected chi connectivity index (χ4v) is 4.90. The largest absolute Gasteiger partial charge is 0.391 e. The van der Waals surface area contributed by atoms with Crippen LogP contribution in [0.1, 0.15) is 31.2 Å². The topological polar surface area (TPSA) is 55.8 Å². The van der Waals surface area contributed by atoms with E-state index in [2.05, 4.69) is 40.5 Å². The predicted octanol–water partition coefficient (Wildman–Crippen LogP) is 2.06. The normalized spacial score (nSPS) is 32.6. The number of carbonyl (C=O) groups is 1. The van der Waals surface area contributed by atoms with E-state index in [1.54, 1.807) is 4.90 Å². The molecule has 2 aliphatic heterocycles. The monoisotopic (exact) mass is 343 g/mol. The van der Waals surface area contributed by atoms with Gasteiger partial charge in [0.1, 0.15) is 0 Å². The highest BCUT2D eigenvalue weighted by atomic mass is 16.3. The minimum Gasteiger partial charge on any atom is -0.391 e. The highest BCUT2D eigenvalue weighted by molar-refractivity contribution is 5.74. The van der Waals surface area contributed by atoms with Gasteiger partial charge in [-0.3, -0.25) is 4.90 Å². The van der Waals surface area contributed by atoms with E-state index in [1.165, 1.54) is 12.0 Å². The summed E-state index contributed by atoms with van der Waals surface area (Å²) in [5, 5.41) is 13.1. The van der Waals surface area contributed by atoms with Gasteiger partial charge in [-0.05, 0) is 43.1 Å². The van der Waals surface area contributed by atoms with Gasteiger partial charge in [-0.2, -0.15) is 0 Å².